The molecule has 3 rings (SSSR count). The number of amides is 1. The number of benzene rings is 2. The summed E-state index contributed by atoms with van der Waals surface area (Å²) in [5, 5.41) is 15.4. The first-order valence-electron chi connectivity index (χ1n) is 7.33. The lowest BCUT2D eigenvalue weighted by Gasteiger charge is -2.08. The SMILES string of the molecule is O=C(O)COc1cccc(C(=O)Nc2ccc(-n3cncn3)cc2)c1. The summed E-state index contributed by atoms with van der Waals surface area (Å²) >= 11 is 0. The number of ether oxygens (including phenoxy) is 1. The zero-order valence-corrected chi connectivity index (χ0v) is 13.0. The van der Waals surface area contributed by atoms with Crippen LogP contribution in [0.25, 0.3) is 5.69 Å². The Kier molecular flexibility index (Phi) is 4.70. The fourth-order valence-electron chi connectivity index (χ4n) is 2.11. The van der Waals surface area contributed by atoms with Crippen molar-refractivity contribution in [3.63, 3.8) is 0 Å². The molecule has 0 saturated carbocycles. The third-order valence-electron chi connectivity index (χ3n) is 3.27. The normalized spacial score (nSPS) is 10.2. The Bertz CT molecular complexity index is 876. The standard InChI is InChI=1S/C17H14N4O4/c22-16(23)9-25-15-3-1-2-12(8-15)17(24)20-13-4-6-14(7-5-13)21-11-18-10-19-21/h1-8,10-11H,9H2,(H,20,24)(H,22,23). The molecule has 2 aromatic carbocycles. The second kappa shape index (κ2) is 7.26. The number of hydrogen-bond donors (Lipinski definition) is 2. The summed E-state index contributed by atoms with van der Waals surface area (Å²) in [5.41, 5.74) is 1.80. The third-order valence-corrected chi connectivity index (χ3v) is 3.27. The second-order valence-electron chi connectivity index (χ2n) is 5.05. The van der Waals surface area contributed by atoms with Crippen molar-refractivity contribution in [2.75, 3.05) is 11.9 Å². The minimum atomic E-state index is -1.08. The van der Waals surface area contributed by atoms with Crippen molar-refractivity contribution in [3.8, 4) is 11.4 Å². The molecule has 0 aliphatic carbocycles. The average molecular weight is 338 g/mol. The molecule has 1 amide bonds. The molecule has 25 heavy (non-hydrogen) atoms. The molecule has 1 aromatic heterocycles. The van der Waals surface area contributed by atoms with Crippen molar-refractivity contribution >= 4 is 17.6 Å². The number of carboxylic acid groups (broad SMARTS) is 1. The highest BCUT2D eigenvalue weighted by molar-refractivity contribution is 6.04. The number of carbonyl (C=O) groups excluding carboxylic acids is 1. The molecule has 0 radical (unpaired) electrons. The van der Waals surface area contributed by atoms with Crippen LogP contribution in [0.5, 0.6) is 5.75 Å². The van der Waals surface area contributed by atoms with Gasteiger partial charge in [0.15, 0.2) is 6.61 Å². The fraction of sp³-hybridized carbons (Fsp3) is 0.0588. The Morgan fingerprint density at radius 1 is 1.16 bits per heavy atom. The maximum Gasteiger partial charge on any atom is 0.341 e. The summed E-state index contributed by atoms with van der Waals surface area (Å²) in [7, 11) is 0. The molecule has 8 nitrogen and oxygen atoms in total. The van der Waals surface area contributed by atoms with E-state index < -0.39 is 12.6 Å². The van der Waals surface area contributed by atoms with Crippen LogP contribution >= 0.6 is 0 Å². The van der Waals surface area contributed by atoms with Gasteiger partial charge in [0.2, 0.25) is 0 Å². The van der Waals surface area contributed by atoms with E-state index in [-0.39, 0.29) is 5.91 Å². The Morgan fingerprint density at radius 3 is 2.64 bits per heavy atom. The molecular weight excluding hydrogens is 324 g/mol. The maximum atomic E-state index is 12.3. The summed E-state index contributed by atoms with van der Waals surface area (Å²) in [6, 6.07) is 13.4. The van der Waals surface area contributed by atoms with Crippen molar-refractivity contribution in [2.45, 2.75) is 0 Å². The minimum absolute atomic E-state index is 0.316. The topological polar surface area (TPSA) is 106 Å². The molecule has 126 valence electrons. The number of carbonyl (C=O) groups is 2. The van der Waals surface area contributed by atoms with Crippen LogP contribution in [0.1, 0.15) is 10.4 Å². The Balaban J connectivity index is 1.67. The summed E-state index contributed by atoms with van der Waals surface area (Å²) < 4.78 is 6.68. The third kappa shape index (κ3) is 4.20. The lowest BCUT2D eigenvalue weighted by molar-refractivity contribution is -0.139. The van der Waals surface area contributed by atoms with Crippen LogP contribution in [0.15, 0.2) is 61.2 Å². The highest BCUT2D eigenvalue weighted by Crippen LogP contribution is 2.16. The van der Waals surface area contributed by atoms with Crippen molar-refractivity contribution in [1.29, 1.82) is 0 Å². The van der Waals surface area contributed by atoms with E-state index in [1.807, 2.05) is 0 Å². The predicted octanol–water partition coefficient (Wildman–Crippen LogP) is 1.98. The number of nitrogens with zero attached hydrogens (tertiary/aromatic N) is 3. The van der Waals surface area contributed by atoms with Crippen LogP contribution in [0.4, 0.5) is 5.69 Å². The number of aromatic nitrogens is 3. The number of nitrogens with one attached hydrogen (secondary N) is 1. The van der Waals surface area contributed by atoms with Crippen molar-refractivity contribution < 1.29 is 19.4 Å². The lowest BCUT2D eigenvalue weighted by Crippen LogP contribution is -2.13. The van der Waals surface area contributed by atoms with E-state index in [9.17, 15) is 9.59 Å². The molecule has 1 heterocycles. The molecule has 0 saturated heterocycles. The second-order valence-corrected chi connectivity index (χ2v) is 5.05. The number of anilines is 1. The molecular formula is C17H14N4O4. The molecule has 0 spiro atoms. The van der Waals surface area contributed by atoms with Crippen LogP contribution in [-0.2, 0) is 4.79 Å². The summed E-state index contributed by atoms with van der Waals surface area (Å²) in [6.07, 6.45) is 3.02. The molecule has 0 atom stereocenters. The molecule has 0 aliphatic rings. The van der Waals surface area contributed by atoms with Crippen LogP contribution in [0.3, 0.4) is 0 Å². The van der Waals surface area contributed by atoms with E-state index in [0.29, 0.717) is 17.0 Å². The van der Waals surface area contributed by atoms with Gasteiger partial charge in [0.25, 0.3) is 5.91 Å². The first-order valence-corrected chi connectivity index (χ1v) is 7.33. The van der Waals surface area contributed by atoms with Gasteiger partial charge in [0.1, 0.15) is 18.4 Å². The predicted molar refractivity (Wildman–Crippen MR) is 88.9 cm³/mol. The highest BCUT2D eigenvalue weighted by atomic mass is 16.5. The first-order chi connectivity index (χ1) is 12.1. The summed E-state index contributed by atoms with van der Waals surface area (Å²) in [4.78, 5) is 26.7. The zero-order valence-electron chi connectivity index (χ0n) is 13.0. The van der Waals surface area contributed by atoms with E-state index in [4.69, 9.17) is 9.84 Å². The lowest BCUT2D eigenvalue weighted by atomic mass is 10.2. The van der Waals surface area contributed by atoms with Gasteiger partial charge in [-0.05, 0) is 42.5 Å². The number of aliphatic carboxylic acids is 1. The van der Waals surface area contributed by atoms with Crippen molar-refractivity contribution in [2.24, 2.45) is 0 Å². The zero-order chi connectivity index (χ0) is 17.6. The van der Waals surface area contributed by atoms with E-state index >= 15 is 0 Å². The quantitative estimate of drug-likeness (QED) is 0.712. The monoisotopic (exact) mass is 338 g/mol. The van der Waals surface area contributed by atoms with Gasteiger partial charge in [0, 0.05) is 11.3 Å². The maximum absolute atomic E-state index is 12.3. The number of rotatable bonds is 6. The van der Waals surface area contributed by atoms with Gasteiger partial charge in [-0.2, -0.15) is 5.10 Å². The Hall–Kier alpha value is -3.68. The van der Waals surface area contributed by atoms with Crippen LogP contribution in [-0.4, -0.2) is 38.4 Å². The molecule has 3 aromatic rings. The summed E-state index contributed by atoms with van der Waals surface area (Å²) in [5.74, 6) is -1.09. The smallest absolute Gasteiger partial charge is 0.341 e. The molecule has 0 aliphatic heterocycles. The van der Waals surface area contributed by atoms with Crippen molar-refractivity contribution in [1.82, 2.24) is 14.8 Å². The Labute approximate surface area is 142 Å². The van der Waals surface area contributed by atoms with Gasteiger partial charge in [-0.1, -0.05) is 6.07 Å². The van der Waals surface area contributed by atoms with E-state index in [1.165, 1.54) is 12.4 Å². The van der Waals surface area contributed by atoms with Gasteiger partial charge in [-0.25, -0.2) is 14.5 Å². The van der Waals surface area contributed by atoms with E-state index in [0.717, 1.165) is 5.69 Å². The van der Waals surface area contributed by atoms with Gasteiger partial charge >= 0.3 is 5.97 Å². The molecule has 8 heteroatoms. The fourth-order valence-corrected chi connectivity index (χ4v) is 2.11. The van der Waals surface area contributed by atoms with Crippen LogP contribution in [0, 0.1) is 0 Å². The average Bonchev–Trinajstić information content (AvgIpc) is 3.15. The largest absolute Gasteiger partial charge is 0.482 e. The summed E-state index contributed by atoms with van der Waals surface area (Å²) in [6.45, 7) is -0.463. The van der Waals surface area contributed by atoms with Gasteiger partial charge in [0.05, 0.1) is 5.69 Å². The molecule has 2 N–H and O–H groups in total. The van der Waals surface area contributed by atoms with Crippen LogP contribution in [0.2, 0.25) is 0 Å². The molecule has 0 bridgehead atoms. The number of hydrogen-bond acceptors (Lipinski definition) is 5. The number of carboxylic acids is 1. The minimum Gasteiger partial charge on any atom is -0.482 e. The molecule has 0 fully saturated rings. The van der Waals surface area contributed by atoms with Crippen molar-refractivity contribution in [3.05, 3.63) is 66.7 Å². The Morgan fingerprint density at radius 2 is 1.96 bits per heavy atom. The van der Waals surface area contributed by atoms with Gasteiger partial charge < -0.3 is 15.2 Å². The van der Waals surface area contributed by atoms with E-state index in [2.05, 4.69) is 15.4 Å². The highest BCUT2D eigenvalue weighted by Gasteiger charge is 2.08. The van der Waals surface area contributed by atoms with Gasteiger partial charge in [-0.15, -0.1) is 0 Å². The van der Waals surface area contributed by atoms with Gasteiger partial charge in [-0.3, -0.25) is 4.79 Å². The molecule has 0 unspecified atom stereocenters. The van der Waals surface area contributed by atoms with E-state index in [1.54, 1.807) is 53.5 Å². The van der Waals surface area contributed by atoms with Crippen LogP contribution < -0.4 is 10.1 Å². The first kappa shape index (κ1) is 16.2.